The summed E-state index contributed by atoms with van der Waals surface area (Å²) in [6.45, 7) is 0. The first-order valence-electron chi connectivity index (χ1n) is 5.80. The molecule has 1 heterocycles. The Hall–Kier alpha value is -2.10. The average Bonchev–Trinajstić information content (AvgIpc) is 2.84. The molecule has 0 saturated carbocycles. The van der Waals surface area contributed by atoms with Gasteiger partial charge in [-0.05, 0) is 12.1 Å². The van der Waals surface area contributed by atoms with Gasteiger partial charge in [0.05, 0.1) is 30.2 Å². The summed E-state index contributed by atoms with van der Waals surface area (Å²) in [4.78, 5) is 10.9. The lowest BCUT2D eigenvalue weighted by Crippen LogP contribution is -2.19. The van der Waals surface area contributed by atoms with Crippen LogP contribution >= 0.6 is 11.8 Å². The van der Waals surface area contributed by atoms with Crippen LogP contribution in [-0.2, 0) is 11.0 Å². The highest BCUT2D eigenvalue weighted by atomic mass is 32.2. The zero-order valence-corrected chi connectivity index (χ0v) is 11.9. The molecule has 5 nitrogen and oxygen atoms in total. The first kappa shape index (κ1) is 16.3. The maximum Gasteiger partial charge on any atom is 0.419 e. The van der Waals surface area contributed by atoms with Gasteiger partial charge in [-0.1, -0.05) is 11.8 Å². The number of methoxy groups -OCH3 is 1. The Labute approximate surface area is 126 Å². The van der Waals surface area contributed by atoms with Crippen molar-refractivity contribution in [2.45, 2.75) is 6.18 Å². The first-order chi connectivity index (χ1) is 10.3. The van der Waals surface area contributed by atoms with E-state index >= 15 is 0 Å². The average molecular weight is 335 g/mol. The number of hydrogen-bond donors (Lipinski definition) is 1. The van der Waals surface area contributed by atoms with Crippen molar-refractivity contribution < 1.29 is 27.1 Å². The van der Waals surface area contributed by atoms with Crippen molar-refractivity contribution in [2.24, 2.45) is 10.2 Å². The fraction of sp³-hybridized carbons (Fsp3) is 0.250. The quantitative estimate of drug-likeness (QED) is 0.524. The van der Waals surface area contributed by atoms with E-state index in [0.717, 1.165) is 25.1 Å². The van der Waals surface area contributed by atoms with Gasteiger partial charge in [-0.15, -0.1) is 5.10 Å². The molecule has 2 rings (SSSR count). The van der Waals surface area contributed by atoms with E-state index in [1.165, 1.54) is 0 Å². The van der Waals surface area contributed by atoms with Crippen LogP contribution in [-0.4, -0.2) is 30.2 Å². The molecule has 1 aliphatic rings. The van der Waals surface area contributed by atoms with Crippen LogP contribution in [0.5, 0.6) is 5.75 Å². The monoisotopic (exact) mass is 335 g/mol. The summed E-state index contributed by atoms with van der Waals surface area (Å²) in [5.74, 6) is -1.70. The molecule has 1 amide bonds. The Bertz CT molecular complexity index is 659. The Morgan fingerprint density at radius 1 is 1.41 bits per heavy atom. The van der Waals surface area contributed by atoms with Crippen molar-refractivity contribution in [1.82, 2.24) is 5.32 Å². The molecule has 1 aromatic carbocycles. The molecule has 0 radical (unpaired) electrons. The molecule has 1 N–H and O–H groups in total. The number of nitrogens with zero attached hydrogens (tertiary/aromatic N) is 2. The Morgan fingerprint density at radius 2 is 2.14 bits per heavy atom. The highest BCUT2D eigenvalue weighted by Crippen LogP contribution is 2.38. The van der Waals surface area contributed by atoms with E-state index in [9.17, 15) is 22.4 Å². The summed E-state index contributed by atoms with van der Waals surface area (Å²) < 4.78 is 56.9. The second-order valence-corrected chi connectivity index (χ2v) is 4.99. The summed E-state index contributed by atoms with van der Waals surface area (Å²) in [5, 5.41) is 9.64. The number of hydrogen-bond acceptors (Lipinski definition) is 5. The first-order valence-corrected chi connectivity index (χ1v) is 6.79. The Morgan fingerprint density at radius 3 is 2.68 bits per heavy atom. The van der Waals surface area contributed by atoms with Crippen LogP contribution in [0.3, 0.4) is 0 Å². The molecule has 0 aliphatic carbocycles. The molecule has 0 atom stereocenters. The molecule has 1 saturated heterocycles. The van der Waals surface area contributed by atoms with E-state index in [0.29, 0.717) is 12.1 Å². The largest absolute Gasteiger partial charge is 0.495 e. The highest BCUT2D eigenvalue weighted by Gasteiger charge is 2.36. The topological polar surface area (TPSA) is 63.1 Å². The second kappa shape index (κ2) is 6.34. The summed E-state index contributed by atoms with van der Waals surface area (Å²) in [6, 6.07) is 1.26. The lowest BCUT2D eigenvalue weighted by atomic mass is 10.1. The summed E-state index contributed by atoms with van der Waals surface area (Å²) in [7, 11) is 1.00. The molecule has 1 fully saturated rings. The van der Waals surface area contributed by atoms with Gasteiger partial charge in [0.15, 0.2) is 5.17 Å². The number of halogens is 4. The normalized spacial score (nSPS) is 17.3. The van der Waals surface area contributed by atoms with E-state index in [1.807, 2.05) is 0 Å². The fourth-order valence-corrected chi connectivity index (χ4v) is 2.29. The Kier molecular flexibility index (Phi) is 4.69. The maximum atomic E-state index is 13.7. The number of carbonyl (C=O) groups is 1. The van der Waals surface area contributed by atoms with Crippen LogP contribution in [0.25, 0.3) is 0 Å². The van der Waals surface area contributed by atoms with Crippen LogP contribution in [0.15, 0.2) is 22.3 Å². The predicted molar refractivity (Wildman–Crippen MR) is 73.6 cm³/mol. The van der Waals surface area contributed by atoms with E-state index in [2.05, 4.69) is 20.3 Å². The number of amides is 1. The molecule has 10 heteroatoms. The number of thioether (sulfide) groups is 1. The van der Waals surface area contributed by atoms with Crippen LogP contribution in [0.2, 0.25) is 0 Å². The maximum absolute atomic E-state index is 13.7. The molecular formula is C12H9F4N3O2S. The van der Waals surface area contributed by atoms with Crippen molar-refractivity contribution in [1.29, 1.82) is 0 Å². The fourth-order valence-electron chi connectivity index (χ4n) is 1.66. The molecule has 0 unspecified atom stereocenters. The highest BCUT2D eigenvalue weighted by molar-refractivity contribution is 8.15. The minimum absolute atomic E-state index is 0.176. The number of carbonyl (C=O) groups excluding carboxylic acids is 1. The number of alkyl halides is 3. The minimum Gasteiger partial charge on any atom is -0.495 e. The Balaban J connectivity index is 2.36. The summed E-state index contributed by atoms with van der Waals surface area (Å²) >= 11 is 1.08. The third-order valence-corrected chi connectivity index (χ3v) is 3.44. The zero-order chi connectivity index (χ0) is 16.3. The smallest absolute Gasteiger partial charge is 0.419 e. The van der Waals surface area contributed by atoms with Gasteiger partial charge in [0.1, 0.15) is 11.6 Å². The SMILES string of the molecule is COc1c(C(F)(F)F)ccc(F)c1C=NN=C1NC(=O)CS1. The van der Waals surface area contributed by atoms with Crippen LogP contribution in [0.4, 0.5) is 17.6 Å². The standard InChI is InChI=1S/C12H9F4N3O2S/c1-21-10-6(4-17-19-11-18-9(20)5-22-11)8(13)3-2-7(10)12(14,15)16/h2-4H,5H2,1H3,(H,18,19,20). The van der Waals surface area contributed by atoms with Crippen molar-refractivity contribution in [3.63, 3.8) is 0 Å². The second-order valence-electron chi connectivity index (χ2n) is 4.03. The van der Waals surface area contributed by atoms with Gasteiger partial charge < -0.3 is 10.1 Å². The zero-order valence-electron chi connectivity index (χ0n) is 11.1. The van der Waals surface area contributed by atoms with E-state index in [-0.39, 0.29) is 16.8 Å². The summed E-state index contributed by atoms with van der Waals surface area (Å²) in [6.07, 6.45) is -3.88. The van der Waals surface area contributed by atoms with Gasteiger partial charge in [0.25, 0.3) is 0 Å². The number of benzene rings is 1. The number of ether oxygens (including phenoxy) is 1. The molecule has 118 valence electrons. The van der Waals surface area contributed by atoms with E-state index in [4.69, 9.17) is 0 Å². The molecule has 1 aliphatic heterocycles. The number of rotatable bonds is 3. The van der Waals surface area contributed by atoms with E-state index in [1.54, 1.807) is 0 Å². The van der Waals surface area contributed by atoms with Gasteiger partial charge >= 0.3 is 6.18 Å². The molecular weight excluding hydrogens is 326 g/mol. The van der Waals surface area contributed by atoms with Crippen molar-refractivity contribution >= 4 is 29.1 Å². The van der Waals surface area contributed by atoms with Crippen LogP contribution in [0, 0.1) is 5.82 Å². The molecule has 0 aromatic heterocycles. The van der Waals surface area contributed by atoms with Crippen molar-refractivity contribution in [3.05, 3.63) is 29.1 Å². The van der Waals surface area contributed by atoms with Crippen molar-refractivity contribution in [3.8, 4) is 5.75 Å². The number of nitrogens with one attached hydrogen (secondary N) is 1. The van der Waals surface area contributed by atoms with Gasteiger partial charge in [0.2, 0.25) is 5.91 Å². The predicted octanol–water partition coefficient (Wildman–Crippen LogP) is 2.41. The van der Waals surface area contributed by atoms with Gasteiger partial charge in [0, 0.05) is 0 Å². The summed E-state index contributed by atoms with van der Waals surface area (Å²) in [5.41, 5.74) is -1.59. The lowest BCUT2D eigenvalue weighted by molar-refractivity contribution is -0.138. The van der Waals surface area contributed by atoms with Gasteiger partial charge in [-0.25, -0.2) is 4.39 Å². The molecule has 22 heavy (non-hydrogen) atoms. The third-order valence-electron chi connectivity index (χ3n) is 2.57. The molecule has 0 spiro atoms. The molecule has 0 bridgehead atoms. The van der Waals surface area contributed by atoms with Gasteiger partial charge in [-0.2, -0.15) is 18.3 Å². The number of amidine groups is 1. The van der Waals surface area contributed by atoms with Crippen LogP contribution < -0.4 is 10.1 Å². The molecule has 1 aromatic rings. The third kappa shape index (κ3) is 3.56. The van der Waals surface area contributed by atoms with Crippen LogP contribution in [0.1, 0.15) is 11.1 Å². The lowest BCUT2D eigenvalue weighted by Gasteiger charge is -2.14. The van der Waals surface area contributed by atoms with E-state index < -0.39 is 28.9 Å². The minimum atomic E-state index is -4.69. The van der Waals surface area contributed by atoms with Gasteiger partial charge in [-0.3, -0.25) is 4.79 Å². The van der Waals surface area contributed by atoms with Crippen molar-refractivity contribution in [2.75, 3.05) is 12.9 Å².